The van der Waals surface area contributed by atoms with E-state index in [2.05, 4.69) is 19.7 Å². The Morgan fingerprint density at radius 1 is 0.724 bits per heavy atom. The van der Waals surface area contributed by atoms with E-state index < -0.39 is 29.3 Å². The van der Waals surface area contributed by atoms with E-state index in [4.69, 9.17) is 18.9 Å². The first kappa shape index (κ1) is 26.1. The summed E-state index contributed by atoms with van der Waals surface area (Å²) in [6.45, 7) is 12.5. The normalized spacial score (nSPS) is 10.6. The Kier molecular flexibility index (Phi) is 12.7. The standard InChI is InChI=1S/C21H30O8/c1-6-16(7-2)11-20(25)29-15-21(12-26-17(22)8-3,13-27-18(23)9-4)14-28-19(24)10-5/h8-10,16H,3-7,11-15H2,1-2H3. The number of carbonyl (C=O) groups excluding carboxylic acids is 4. The Balaban J connectivity index is 5.42. The molecule has 0 radical (unpaired) electrons. The first-order valence-corrected chi connectivity index (χ1v) is 9.29. The topological polar surface area (TPSA) is 105 Å². The summed E-state index contributed by atoms with van der Waals surface area (Å²) >= 11 is 0. The third-order valence-corrected chi connectivity index (χ3v) is 4.21. The highest BCUT2D eigenvalue weighted by molar-refractivity contribution is 5.82. The molecule has 0 rings (SSSR count). The first-order valence-electron chi connectivity index (χ1n) is 9.29. The maximum absolute atomic E-state index is 12.2. The summed E-state index contributed by atoms with van der Waals surface area (Å²) in [6.07, 6.45) is 4.72. The minimum absolute atomic E-state index is 0.174. The SMILES string of the molecule is C=CC(=O)OCC(COC(=O)C=C)(COC(=O)C=C)COC(=O)CC(CC)CC. The van der Waals surface area contributed by atoms with Crippen molar-refractivity contribution in [3.8, 4) is 0 Å². The molecule has 0 saturated heterocycles. The molecule has 0 fully saturated rings. The van der Waals surface area contributed by atoms with Crippen molar-refractivity contribution >= 4 is 23.9 Å². The largest absolute Gasteiger partial charge is 0.465 e. The lowest BCUT2D eigenvalue weighted by atomic mass is 9.92. The maximum Gasteiger partial charge on any atom is 0.330 e. The van der Waals surface area contributed by atoms with E-state index in [0.29, 0.717) is 0 Å². The lowest BCUT2D eigenvalue weighted by Gasteiger charge is -2.31. The van der Waals surface area contributed by atoms with E-state index in [1.165, 1.54) is 0 Å². The molecule has 0 aromatic carbocycles. The van der Waals surface area contributed by atoms with Crippen LogP contribution in [0.1, 0.15) is 33.1 Å². The summed E-state index contributed by atoms with van der Waals surface area (Å²) in [5.74, 6) is -2.48. The van der Waals surface area contributed by atoms with Gasteiger partial charge in [0, 0.05) is 24.6 Å². The number of esters is 4. The second-order valence-corrected chi connectivity index (χ2v) is 6.48. The van der Waals surface area contributed by atoms with Crippen LogP contribution in [0.5, 0.6) is 0 Å². The fraction of sp³-hybridized carbons (Fsp3) is 0.524. The average Bonchev–Trinajstić information content (AvgIpc) is 2.75. The van der Waals surface area contributed by atoms with E-state index in [-0.39, 0.29) is 38.8 Å². The van der Waals surface area contributed by atoms with Crippen molar-refractivity contribution in [2.75, 3.05) is 26.4 Å². The van der Waals surface area contributed by atoms with Crippen molar-refractivity contribution < 1.29 is 38.1 Å². The fourth-order valence-electron chi connectivity index (χ4n) is 2.21. The van der Waals surface area contributed by atoms with E-state index in [9.17, 15) is 19.2 Å². The van der Waals surface area contributed by atoms with Crippen molar-refractivity contribution in [2.45, 2.75) is 33.1 Å². The maximum atomic E-state index is 12.2. The van der Waals surface area contributed by atoms with Crippen molar-refractivity contribution in [3.05, 3.63) is 38.0 Å². The zero-order valence-corrected chi connectivity index (χ0v) is 17.1. The van der Waals surface area contributed by atoms with Crippen LogP contribution in [-0.4, -0.2) is 50.3 Å². The molecule has 0 aliphatic heterocycles. The Morgan fingerprint density at radius 3 is 1.38 bits per heavy atom. The van der Waals surface area contributed by atoms with Crippen LogP contribution in [-0.2, 0) is 38.1 Å². The molecule has 29 heavy (non-hydrogen) atoms. The van der Waals surface area contributed by atoms with Gasteiger partial charge in [-0.2, -0.15) is 0 Å². The zero-order chi connectivity index (χ0) is 22.3. The van der Waals surface area contributed by atoms with E-state index in [0.717, 1.165) is 31.1 Å². The highest BCUT2D eigenvalue weighted by Gasteiger charge is 2.37. The molecule has 8 heteroatoms. The summed E-state index contributed by atoms with van der Waals surface area (Å²) in [7, 11) is 0. The zero-order valence-electron chi connectivity index (χ0n) is 17.1. The van der Waals surface area contributed by atoms with Crippen molar-refractivity contribution in [1.29, 1.82) is 0 Å². The second kappa shape index (κ2) is 14.1. The highest BCUT2D eigenvalue weighted by Crippen LogP contribution is 2.23. The molecule has 0 spiro atoms. The Hall–Kier alpha value is -2.90. The van der Waals surface area contributed by atoms with Gasteiger partial charge in [-0.25, -0.2) is 14.4 Å². The van der Waals surface area contributed by atoms with Crippen LogP contribution in [0.3, 0.4) is 0 Å². The molecular weight excluding hydrogens is 380 g/mol. The monoisotopic (exact) mass is 410 g/mol. The summed E-state index contributed by atoms with van der Waals surface area (Å²) in [5.41, 5.74) is -1.31. The van der Waals surface area contributed by atoms with Crippen molar-refractivity contribution in [2.24, 2.45) is 11.3 Å². The van der Waals surface area contributed by atoms with Gasteiger partial charge in [0.1, 0.15) is 31.8 Å². The second-order valence-electron chi connectivity index (χ2n) is 6.48. The third-order valence-electron chi connectivity index (χ3n) is 4.21. The Labute approximate surface area is 171 Å². The average molecular weight is 410 g/mol. The molecule has 0 amide bonds. The van der Waals surface area contributed by atoms with Gasteiger partial charge in [0.15, 0.2) is 0 Å². The molecule has 0 unspecified atom stereocenters. The highest BCUT2D eigenvalue weighted by atomic mass is 16.6. The van der Waals surface area contributed by atoms with Gasteiger partial charge < -0.3 is 18.9 Å². The molecular formula is C21H30O8. The molecule has 0 N–H and O–H groups in total. The molecule has 162 valence electrons. The number of hydrogen-bond acceptors (Lipinski definition) is 8. The summed E-state index contributed by atoms with van der Waals surface area (Å²) in [6, 6.07) is 0. The molecule has 0 aliphatic rings. The smallest absolute Gasteiger partial charge is 0.330 e. The molecule has 0 aromatic rings. The van der Waals surface area contributed by atoms with Crippen molar-refractivity contribution in [3.63, 3.8) is 0 Å². The molecule has 8 nitrogen and oxygen atoms in total. The lowest BCUT2D eigenvalue weighted by molar-refractivity contribution is -0.166. The summed E-state index contributed by atoms with van der Waals surface area (Å²) in [5, 5.41) is 0. The van der Waals surface area contributed by atoms with Crippen LogP contribution in [0.4, 0.5) is 0 Å². The number of rotatable bonds is 15. The Bertz CT molecular complexity index is 544. The van der Waals surface area contributed by atoms with Crippen molar-refractivity contribution in [1.82, 2.24) is 0 Å². The molecule has 0 heterocycles. The molecule has 0 bridgehead atoms. The predicted octanol–water partition coefficient (Wildman–Crippen LogP) is 2.53. The predicted molar refractivity (Wildman–Crippen MR) is 106 cm³/mol. The number of ether oxygens (including phenoxy) is 4. The number of carbonyl (C=O) groups is 4. The molecule has 0 aliphatic carbocycles. The van der Waals surface area contributed by atoms with Crippen LogP contribution in [0.15, 0.2) is 38.0 Å². The first-order chi connectivity index (χ1) is 13.7. The summed E-state index contributed by atoms with van der Waals surface area (Å²) in [4.78, 5) is 46.7. The van der Waals surface area contributed by atoms with E-state index in [1.807, 2.05) is 13.8 Å². The van der Waals surface area contributed by atoms with Gasteiger partial charge in [0.25, 0.3) is 0 Å². The molecule has 0 aromatic heterocycles. The van der Waals surface area contributed by atoms with Crippen LogP contribution in [0.25, 0.3) is 0 Å². The van der Waals surface area contributed by atoms with E-state index in [1.54, 1.807) is 0 Å². The van der Waals surface area contributed by atoms with Gasteiger partial charge in [-0.3, -0.25) is 4.79 Å². The van der Waals surface area contributed by atoms with Gasteiger partial charge in [0.05, 0.1) is 0 Å². The lowest BCUT2D eigenvalue weighted by Crippen LogP contribution is -2.43. The van der Waals surface area contributed by atoms with Gasteiger partial charge in [-0.1, -0.05) is 46.4 Å². The Morgan fingerprint density at radius 2 is 1.07 bits per heavy atom. The minimum atomic E-state index is -1.31. The van der Waals surface area contributed by atoms with Gasteiger partial charge >= 0.3 is 23.9 Å². The van der Waals surface area contributed by atoms with Gasteiger partial charge in [-0.15, -0.1) is 0 Å². The van der Waals surface area contributed by atoms with Gasteiger partial charge in [0.2, 0.25) is 0 Å². The van der Waals surface area contributed by atoms with Crippen LogP contribution >= 0.6 is 0 Å². The molecule has 0 atom stereocenters. The van der Waals surface area contributed by atoms with Crippen LogP contribution < -0.4 is 0 Å². The van der Waals surface area contributed by atoms with E-state index >= 15 is 0 Å². The fourth-order valence-corrected chi connectivity index (χ4v) is 2.21. The van der Waals surface area contributed by atoms with Crippen LogP contribution in [0, 0.1) is 11.3 Å². The van der Waals surface area contributed by atoms with Gasteiger partial charge in [-0.05, 0) is 5.92 Å². The molecule has 0 saturated carbocycles. The summed E-state index contributed by atoms with van der Waals surface area (Å²) < 4.78 is 20.5. The van der Waals surface area contributed by atoms with Crippen LogP contribution in [0.2, 0.25) is 0 Å². The number of hydrogen-bond donors (Lipinski definition) is 0. The quantitative estimate of drug-likeness (QED) is 0.230. The minimum Gasteiger partial charge on any atom is -0.465 e. The third kappa shape index (κ3) is 10.9.